The first-order valence-electron chi connectivity index (χ1n) is 11.0. The average Bonchev–Trinajstić information content (AvgIpc) is 2.78. The molecule has 160 valence electrons. The van der Waals surface area contributed by atoms with Crippen molar-refractivity contribution >= 4 is 5.91 Å². The lowest BCUT2D eigenvalue weighted by molar-refractivity contribution is -0.126. The third kappa shape index (κ3) is 4.78. The van der Waals surface area contributed by atoms with Crippen molar-refractivity contribution in [2.24, 2.45) is 11.8 Å². The zero-order chi connectivity index (χ0) is 20.9. The van der Waals surface area contributed by atoms with E-state index in [1.54, 1.807) is 0 Å². The van der Waals surface area contributed by atoms with Crippen molar-refractivity contribution in [2.75, 3.05) is 13.2 Å². The maximum absolute atomic E-state index is 12.1. The molecule has 2 aliphatic rings. The molecule has 4 rings (SSSR count). The smallest absolute Gasteiger partial charge is 0.223 e. The van der Waals surface area contributed by atoms with Gasteiger partial charge in [-0.15, -0.1) is 0 Å². The van der Waals surface area contributed by atoms with E-state index in [9.17, 15) is 4.79 Å². The molecule has 2 unspecified atom stereocenters. The summed E-state index contributed by atoms with van der Waals surface area (Å²) in [4.78, 5) is 12.1. The molecule has 1 amide bonds. The summed E-state index contributed by atoms with van der Waals surface area (Å²) in [6, 6.07) is 16.5. The molecule has 5 nitrogen and oxygen atoms in total. The van der Waals surface area contributed by atoms with Crippen molar-refractivity contribution in [3.63, 3.8) is 0 Å². The van der Waals surface area contributed by atoms with E-state index in [1.165, 1.54) is 11.1 Å². The molecule has 0 saturated heterocycles. The first kappa shape index (κ1) is 20.7. The van der Waals surface area contributed by atoms with E-state index in [-0.39, 0.29) is 30.6 Å². The molecule has 2 N–H and O–H groups in total. The summed E-state index contributed by atoms with van der Waals surface area (Å²) in [6.07, 6.45) is 4.58. The number of carbonyl (C=O) groups excluding carboxylic acids is 1. The fraction of sp³-hybridized carbons (Fsp3) is 0.480. The lowest BCUT2D eigenvalue weighted by Gasteiger charge is -2.33. The predicted octanol–water partition coefficient (Wildman–Crippen LogP) is 4.05. The number of amides is 1. The van der Waals surface area contributed by atoms with Gasteiger partial charge in [-0.25, -0.2) is 0 Å². The Bertz CT molecular complexity index is 845. The molecule has 1 aliphatic carbocycles. The predicted molar refractivity (Wildman–Crippen MR) is 116 cm³/mol. The number of nitrogens with one attached hydrogen (secondary N) is 1. The summed E-state index contributed by atoms with van der Waals surface area (Å²) in [5, 5.41) is 11.6. The highest BCUT2D eigenvalue weighted by atomic mass is 16.5. The number of aliphatic hydroxyl groups is 1. The van der Waals surface area contributed by atoms with Crippen LogP contribution in [0.3, 0.4) is 0 Å². The summed E-state index contributed by atoms with van der Waals surface area (Å²) in [5.74, 6) is 2.30. The number of carbonyl (C=O) groups is 1. The monoisotopic (exact) mass is 409 g/mol. The van der Waals surface area contributed by atoms with E-state index in [2.05, 4.69) is 42.6 Å². The van der Waals surface area contributed by atoms with Crippen LogP contribution in [0.15, 0.2) is 48.5 Å². The molecule has 1 saturated carbocycles. The Hall–Kier alpha value is -2.53. The Labute approximate surface area is 178 Å². The Kier molecular flexibility index (Phi) is 6.58. The van der Waals surface area contributed by atoms with Gasteiger partial charge < -0.3 is 19.9 Å². The van der Waals surface area contributed by atoms with E-state index in [0.717, 1.165) is 43.6 Å². The van der Waals surface area contributed by atoms with Crippen LogP contribution in [0.2, 0.25) is 0 Å². The number of fused-ring (bicyclic) bond motifs is 1. The lowest BCUT2D eigenvalue weighted by Crippen LogP contribution is -2.36. The highest BCUT2D eigenvalue weighted by Crippen LogP contribution is 2.40. The minimum Gasteiger partial charge on any atom is -0.490 e. The van der Waals surface area contributed by atoms with E-state index in [0.29, 0.717) is 12.5 Å². The first-order valence-corrected chi connectivity index (χ1v) is 11.0. The second-order valence-electron chi connectivity index (χ2n) is 8.51. The highest BCUT2D eigenvalue weighted by Gasteiger charge is 2.30. The molecule has 1 fully saturated rings. The van der Waals surface area contributed by atoms with Crippen LogP contribution in [-0.4, -0.2) is 30.3 Å². The fourth-order valence-electron chi connectivity index (χ4n) is 4.61. The Morgan fingerprint density at radius 2 is 1.90 bits per heavy atom. The quantitative estimate of drug-likeness (QED) is 0.755. The van der Waals surface area contributed by atoms with Gasteiger partial charge in [-0.3, -0.25) is 4.79 Å². The molecule has 0 spiro atoms. The highest BCUT2D eigenvalue weighted by molar-refractivity contribution is 5.78. The van der Waals surface area contributed by atoms with Gasteiger partial charge in [0.25, 0.3) is 0 Å². The molecule has 0 bridgehead atoms. The van der Waals surface area contributed by atoms with Gasteiger partial charge in [0.1, 0.15) is 17.6 Å². The molecule has 1 heterocycles. The van der Waals surface area contributed by atoms with Crippen LogP contribution >= 0.6 is 0 Å². The topological polar surface area (TPSA) is 67.8 Å². The van der Waals surface area contributed by atoms with Gasteiger partial charge in [0.15, 0.2) is 0 Å². The molecule has 2 atom stereocenters. The minimum absolute atomic E-state index is 0.0169. The van der Waals surface area contributed by atoms with Crippen LogP contribution in [-0.2, 0) is 11.2 Å². The minimum atomic E-state index is -0.0169. The van der Waals surface area contributed by atoms with Crippen LogP contribution in [0.25, 0.3) is 0 Å². The molecule has 30 heavy (non-hydrogen) atoms. The van der Waals surface area contributed by atoms with Gasteiger partial charge in [0.05, 0.1) is 12.7 Å². The van der Waals surface area contributed by atoms with Crippen molar-refractivity contribution in [3.8, 4) is 11.5 Å². The van der Waals surface area contributed by atoms with Crippen molar-refractivity contribution in [1.29, 1.82) is 0 Å². The first-order chi connectivity index (χ1) is 14.6. The number of hydrogen-bond acceptors (Lipinski definition) is 4. The van der Waals surface area contributed by atoms with Crippen LogP contribution < -0.4 is 14.8 Å². The lowest BCUT2D eigenvalue weighted by atomic mass is 9.86. The molecule has 2 aromatic carbocycles. The third-order valence-electron chi connectivity index (χ3n) is 6.23. The number of hydrogen-bond donors (Lipinski definition) is 2. The fourth-order valence-corrected chi connectivity index (χ4v) is 4.61. The van der Waals surface area contributed by atoms with Crippen LogP contribution in [0.5, 0.6) is 11.5 Å². The summed E-state index contributed by atoms with van der Waals surface area (Å²) >= 11 is 0. The van der Waals surface area contributed by atoms with Gasteiger partial charge in [-0.05, 0) is 61.4 Å². The maximum atomic E-state index is 12.1. The van der Waals surface area contributed by atoms with Crippen molar-refractivity contribution in [3.05, 3.63) is 59.7 Å². The van der Waals surface area contributed by atoms with Crippen LogP contribution in [0.1, 0.15) is 49.8 Å². The zero-order valence-electron chi connectivity index (χ0n) is 17.5. The standard InChI is InChI=1S/C25H31NO4/c1-17-15-20-16-22(11-12-23(20)30-24(17)18-5-3-2-4-6-18)29-21-9-7-19(8-10-21)25(28)26-13-14-27/h2-6,11-12,16-17,19,21,24,27H,7-10,13-15H2,1H3,(H,26,28). The van der Waals surface area contributed by atoms with Crippen LogP contribution in [0, 0.1) is 11.8 Å². The van der Waals surface area contributed by atoms with E-state index >= 15 is 0 Å². The molecule has 5 heteroatoms. The molecular weight excluding hydrogens is 378 g/mol. The number of rotatable bonds is 6. The summed E-state index contributed by atoms with van der Waals surface area (Å²) < 4.78 is 12.6. The summed E-state index contributed by atoms with van der Waals surface area (Å²) in [6.45, 7) is 2.55. The van der Waals surface area contributed by atoms with Gasteiger partial charge in [0, 0.05) is 18.4 Å². The average molecular weight is 410 g/mol. The Balaban J connectivity index is 1.35. The van der Waals surface area contributed by atoms with Gasteiger partial charge in [-0.2, -0.15) is 0 Å². The van der Waals surface area contributed by atoms with Gasteiger partial charge in [0.2, 0.25) is 5.91 Å². The molecule has 2 aromatic rings. The summed E-state index contributed by atoms with van der Waals surface area (Å²) in [7, 11) is 0. The van der Waals surface area contributed by atoms with Gasteiger partial charge in [-0.1, -0.05) is 37.3 Å². The number of benzene rings is 2. The SMILES string of the molecule is CC1Cc2cc(OC3CCC(C(=O)NCCO)CC3)ccc2OC1c1ccccc1. The largest absolute Gasteiger partial charge is 0.490 e. The Morgan fingerprint density at radius 3 is 2.63 bits per heavy atom. The molecule has 0 radical (unpaired) electrons. The van der Waals surface area contributed by atoms with Crippen molar-refractivity contribution < 1.29 is 19.4 Å². The molecule has 1 aliphatic heterocycles. The van der Waals surface area contributed by atoms with E-state index in [1.807, 2.05) is 18.2 Å². The second kappa shape index (κ2) is 9.52. The zero-order valence-corrected chi connectivity index (χ0v) is 17.5. The Morgan fingerprint density at radius 1 is 1.13 bits per heavy atom. The second-order valence-corrected chi connectivity index (χ2v) is 8.51. The van der Waals surface area contributed by atoms with Gasteiger partial charge >= 0.3 is 0 Å². The normalized spacial score (nSPS) is 25.7. The molecular formula is C25H31NO4. The summed E-state index contributed by atoms with van der Waals surface area (Å²) in [5.41, 5.74) is 2.42. The number of aliphatic hydroxyl groups excluding tert-OH is 1. The molecule has 0 aromatic heterocycles. The number of ether oxygens (including phenoxy) is 2. The third-order valence-corrected chi connectivity index (χ3v) is 6.23. The van der Waals surface area contributed by atoms with Crippen LogP contribution in [0.4, 0.5) is 0 Å². The van der Waals surface area contributed by atoms with E-state index in [4.69, 9.17) is 14.6 Å². The maximum Gasteiger partial charge on any atom is 0.223 e. The van der Waals surface area contributed by atoms with Crippen molar-refractivity contribution in [2.45, 2.75) is 51.2 Å². The van der Waals surface area contributed by atoms with Crippen molar-refractivity contribution in [1.82, 2.24) is 5.32 Å². The van der Waals surface area contributed by atoms with E-state index < -0.39 is 0 Å².